The van der Waals surface area contributed by atoms with Gasteiger partial charge in [-0.1, -0.05) is 18.5 Å². The van der Waals surface area contributed by atoms with E-state index in [4.69, 9.17) is 16.3 Å². The normalized spacial score (nSPS) is 12.2. The van der Waals surface area contributed by atoms with Gasteiger partial charge in [0.15, 0.2) is 0 Å². The minimum atomic E-state index is 0.247. The molecule has 3 nitrogen and oxygen atoms in total. The molecule has 1 heterocycles. The van der Waals surface area contributed by atoms with Crippen molar-refractivity contribution in [3.8, 4) is 11.5 Å². The van der Waals surface area contributed by atoms with E-state index in [0.29, 0.717) is 0 Å². The van der Waals surface area contributed by atoms with Gasteiger partial charge in [0, 0.05) is 11.1 Å². The summed E-state index contributed by atoms with van der Waals surface area (Å²) in [5.41, 5.74) is 2.01. The van der Waals surface area contributed by atoms with Crippen LogP contribution in [-0.4, -0.2) is 11.5 Å². The summed E-state index contributed by atoms with van der Waals surface area (Å²) in [6, 6.07) is 9.79. The number of ether oxygens (including phenoxy) is 1. The number of hydrogen-bond acceptors (Lipinski definition) is 3. The Bertz CT molecular complexity index is 584. The molecule has 0 fully saturated rings. The maximum atomic E-state index is 6.01. The molecular weight excluding hydrogens is 284 g/mol. The molecule has 4 heteroatoms. The topological polar surface area (TPSA) is 34.1 Å². The van der Waals surface area contributed by atoms with E-state index in [0.717, 1.165) is 40.7 Å². The Morgan fingerprint density at radius 2 is 2.00 bits per heavy atom. The molecule has 2 aromatic rings. The zero-order valence-electron chi connectivity index (χ0n) is 12.7. The third kappa shape index (κ3) is 4.45. The average Bonchev–Trinajstić information content (AvgIpc) is 2.49. The van der Waals surface area contributed by atoms with Crippen LogP contribution < -0.4 is 10.1 Å². The van der Waals surface area contributed by atoms with Crippen molar-refractivity contribution in [3.63, 3.8) is 0 Å². The minimum absolute atomic E-state index is 0.247. The lowest BCUT2D eigenvalue weighted by atomic mass is 10.2. The van der Waals surface area contributed by atoms with Gasteiger partial charge in [-0.25, -0.2) is 0 Å². The van der Waals surface area contributed by atoms with Crippen LogP contribution in [0.5, 0.6) is 11.5 Å². The maximum Gasteiger partial charge on any atom is 0.145 e. The highest BCUT2D eigenvalue weighted by Crippen LogP contribution is 2.26. The third-order valence-electron chi connectivity index (χ3n) is 3.27. The first-order chi connectivity index (χ1) is 10.1. The van der Waals surface area contributed by atoms with Crippen LogP contribution in [0.1, 0.15) is 37.6 Å². The fraction of sp³-hybridized carbons (Fsp3) is 0.353. The molecule has 0 aliphatic carbocycles. The van der Waals surface area contributed by atoms with Gasteiger partial charge in [0.2, 0.25) is 0 Å². The lowest BCUT2D eigenvalue weighted by Gasteiger charge is -2.13. The number of nitrogens with zero attached hydrogens (tertiary/aromatic N) is 1. The molecule has 1 N–H and O–H groups in total. The second-order valence-electron chi connectivity index (χ2n) is 5.11. The first-order valence-electron chi connectivity index (χ1n) is 7.23. The summed E-state index contributed by atoms with van der Waals surface area (Å²) >= 11 is 6.01. The number of aromatic nitrogens is 1. The van der Waals surface area contributed by atoms with E-state index in [2.05, 4.69) is 24.1 Å². The van der Waals surface area contributed by atoms with E-state index in [1.807, 2.05) is 37.3 Å². The average molecular weight is 305 g/mol. The molecule has 0 saturated heterocycles. The molecule has 0 aliphatic heterocycles. The van der Waals surface area contributed by atoms with Crippen LogP contribution in [0, 0.1) is 6.92 Å². The van der Waals surface area contributed by atoms with E-state index in [1.165, 1.54) is 0 Å². The maximum absolute atomic E-state index is 6.01. The molecule has 21 heavy (non-hydrogen) atoms. The summed E-state index contributed by atoms with van der Waals surface area (Å²) in [6.45, 7) is 7.21. The van der Waals surface area contributed by atoms with E-state index in [9.17, 15) is 0 Å². The van der Waals surface area contributed by atoms with Gasteiger partial charge in [-0.05, 0) is 62.7 Å². The van der Waals surface area contributed by atoms with E-state index in [-0.39, 0.29) is 6.04 Å². The molecule has 0 saturated carbocycles. The second-order valence-corrected chi connectivity index (χ2v) is 5.51. The van der Waals surface area contributed by atoms with Crippen molar-refractivity contribution in [1.29, 1.82) is 0 Å². The summed E-state index contributed by atoms with van der Waals surface area (Å²) in [6.07, 6.45) is 2.87. The van der Waals surface area contributed by atoms with Crippen LogP contribution in [0.25, 0.3) is 0 Å². The van der Waals surface area contributed by atoms with E-state index in [1.54, 1.807) is 6.20 Å². The summed E-state index contributed by atoms with van der Waals surface area (Å²) < 4.78 is 5.79. The Hall–Kier alpha value is -1.58. The second kappa shape index (κ2) is 7.43. The molecule has 0 radical (unpaired) electrons. The van der Waals surface area contributed by atoms with Gasteiger partial charge < -0.3 is 10.1 Å². The van der Waals surface area contributed by atoms with Crippen LogP contribution in [0.2, 0.25) is 5.02 Å². The van der Waals surface area contributed by atoms with E-state index < -0.39 is 0 Å². The van der Waals surface area contributed by atoms with Crippen LogP contribution in [0.4, 0.5) is 0 Å². The zero-order chi connectivity index (χ0) is 15.2. The minimum Gasteiger partial charge on any atom is -0.456 e. The predicted molar refractivity (Wildman–Crippen MR) is 87.2 cm³/mol. The van der Waals surface area contributed by atoms with Crippen LogP contribution in [0.15, 0.2) is 36.5 Å². The van der Waals surface area contributed by atoms with Crippen LogP contribution in [-0.2, 0) is 0 Å². The van der Waals surface area contributed by atoms with Gasteiger partial charge in [-0.15, -0.1) is 0 Å². The van der Waals surface area contributed by atoms with Crippen molar-refractivity contribution in [2.24, 2.45) is 0 Å². The van der Waals surface area contributed by atoms with Crippen molar-refractivity contribution in [2.75, 3.05) is 6.54 Å². The Labute approximate surface area is 131 Å². The van der Waals surface area contributed by atoms with Crippen LogP contribution >= 0.6 is 11.6 Å². The molecule has 0 amide bonds. The molecular formula is C17H21ClN2O. The molecule has 2 rings (SSSR count). The number of benzene rings is 1. The van der Waals surface area contributed by atoms with Crippen molar-refractivity contribution in [1.82, 2.24) is 10.3 Å². The molecule has 1 aromatic carbocycles. The summed E-state index contributed by atoms with van der Waals surface area (Å²) in [4.78, 5) is 4.45. The predicted octanol–water partition coefficient (Wildman–Crippen LogP) is 4.90. The molecule has 0 bridgehead atoms. The number of nitrogens with one attached hydrogen (secondary N) is 1. The van der Waals surface area contributed by atoms with Gasteiger partial charge in [0.1, 0.15) is 11.5 Å². The quantitative estimate of drug-likeness (QED) is 0.824. The number of rotatable bonds is 6. The van der Waals surface area contributed by atoms with Gasteiger partial charge in [-0.3, -0.25) is 4.98 Å². The van der Waals surface area contributed by atoms with E-state index >= 15 is 0 Å². The Morgan fingerprint density at radius 1 is 1.24 bits per heavy atom. The lowest BCUT2D eigenvalue weighted by Crippen LogP contribution is -2.20. The van der Waals surface area contributed by atoms with Gasteiger partial charge in [0.05, 0.1) is 11.9 Å². The van der Waals surface area contributed by atoms with Crippen LogP contribution in [0.3, 0.4) is 0 Å². The van der Waals surface area contributed by atoms with Crippen molar-refractivity contribution >= 4 is 11.6 Å². The Morgan fingerprint density at radius 3 is 2.62 bits per heavy atom. The lowest BCUT2D eigenvalue weighted by molar-refractivity contribution is 0.477. The molecule has 1 aromatic heterocycles. The SMILES string of the molecule is CCCNC(C)c1ccc(Oc2ccc(Cl)c(C)c2)cn1. The fourth-order valence-electron chi connectivity index (χ4n) is 1.99. The van der Waals surface area contributed by atoms with Crippen molar-refractivity contribution in [3.05, 3.63) is 52.8 Å². The van der Waals surface area contributed by atoms with Crippen molar-refractivity contribution in [2.45, 2.75) is 33.2 Å². The monoisotopic (exact) mass is 304 g/mol. The molecule has 1 unspecified atom stereocenters. The highest BCUT2D eigenvalue weighted by molar-refractivity contribution is 6.31. The molecule has 112 valence electrons. The number of halogens is 1. The molecule has 0 aliphatic rings. The molecule has 1 atom stereocenters. The highest BCUT2D eigenvalue weighted by Gasteiger charge is 2.06. The summed E-state index contributed by atoms with van der Waals surface area (Å²) in [5, 5.41) is 4.16. The summed E-state index contributed by atoms with van der Waals surface area (Å²) in [5.74, 6) is 1.49. The first kappa shape index (κ1) is 15.8. The largest absolute Gasteiger partial charge is 0.456 e. The zero-order valence-corrected chi connectivity index (χ0v) is 13.4. The number of hydrogen-bond donors (Lipinski definition) is 1. The third-order valence-corrected chi connectivity index (χ3v) is 3.69. The number of pyridine rings is 1. The Kier molecular flexibility index (Phi) is 5.59. The molecule has 0 spiro atoms. The highest BCUT2D eigenvalue weighted by atomic mass is 35.5. The fourth-order valence-corrected chi connectivity index (χ4v) is 2.11. The number of aryl methyl sites for hydroxylation is 1. The standard InChI is InChI=1S/C17H21ClN2O/c1-4-9-19-13(3)17-8-6-15(11-20-17)21-14-5-7-16(18)12(2)10-14/h5-8,10-11,13,19H,4,9H2,1-3H3. The van der Waals surface area contributed by atoms with Gasteiger partial charge in [0.25, 0.3) is 0 Å². The van der Waals surface area contributed by atoms with Gasteiger partial charge in [-0.2, -0.15) is 0 Å². The Balaban J connectivity index is 2.03. The first-order valence-corrected chi connectivity index (χ1v) is 7.61. The van der Waals surface area contributed by atoms with Crippen molar-refractivity contribution < 1.29 is 4.74 Å². The van der Waals surface area contributed by atoms with Gasteiger partial charge >= 0.3 is 0 Å². The smallest absolute Gasteiger partial charge is 0.145 e. The summed E-state index contributed by atoms with van der Waals surface area (Å²) in [7, 11) is 0.